The van der Waals surface area contributed by atoms with E-state index in [1.54, 1.807) is 42.5 Å². The van der Waals surface area contributed by atoms with E-state index in [4.69, 9.17) is 16.3 Å². The smallest absolute Gasteiger partial charge is 0.321 e. The van der Waals surface area contributed by atoms with Crippen LogP contribution in [0.15, 0.2) is 60.8 Å². The lowest BCUT2D eigenvalue weighted by atomic mass is 10.3. The van der Waals surface area contributed by atoms with E-state index in [0.717, 1.165) is 17.1 Å². The second kappa shape index (κ2) is 9.53. The van der Waals surface area contributed by atoms with Crippen LogP contribution in [0.5, 0.6) is 5.75 Å². The lowest BCUT2D eigenvalue weighted by molar-refractivity contribution is 0.208. The second-order valence-corrected chi connectivity index (χ2v) is 7.41. The molecule has 4 rings (SSSR count). The van der Waals surface area contributed by atoms with Crippen molar-refractivity contribution in [3.8, 4) is 5.75 Å². The van der Waals surface area contributed by atoms with Crippen LogP contribution in [-0.4, -0.2) is 54.2 Å². The van der Waals surface area contributed by atoms with Gasteiger partial charge in [0.25, 0.3) is 0 Å². The number of aromatic nitrogens is 2. The molecule has 1 aliphatic rings. The predicted molar refractivity (Wildman–Crippen MR) is 123 cm³/mol. The van der Waals surface area contributed by atoms with E-state index in [-0.39, 0.29) is 6.03 Å². The summed E-state index contributed by atoms with van der Waals surface area (Å²) in [4.78, 5) is 25.4. The molecule has 1 aromatic heterocycles. The van der Waals surface area contributed by atoms with Crippen LogP contribution < -0.4 is 20.3 Å². The molecule has 0 aliphatic carbocycles. The van der Waals surface area contributed by atoms with Crippen LogP contribution >= 0.6 is 11.6 Å². The highest BCUT2D eigenvalue weighted by molar-refractivity contribution is 6.30. The summed E-state index contributed by atoms with van der Waals surface area (Å²) in [6.07, 6.45) is 1.72. The molecule has 1 fully saturated rings. The third-order valence-electron chi connectivity index (χ3n) is 4.96. The fourth-order valence-electron chi connectivity index (χ4n) is 3.30. The molecule has 2 aromatic carbocycles. The summed E-state index contributed by atoms with van der Waals surface area (Å²) in [6, 6.07) is 16.4. The molecule has 1 saturated heterocycles. The van der Waals surface area contributed by atoms with Crippen LogP contribution in [0.25, 0.3) is 0 Å². The van der Waals surface area contributed by atoms with E-state index in [1.165, 1.54) is 0 Å². The van der Waals surface area contributed by atoms with E-state index >= 15 is 0 Å². The van der Waals surface area contributed by atoms with Gasteiger partial charge in [-0.3, -0.25) is 0 Å². The molecule has 0 unspecified atom stereocenters. The molecule has 8 nitrogen and oxygen atoms in total. The summed E-state index contributed by atoms with van der Waals surface area (Å²) in [5.41, 5.74) is 1.55. The molecule has 2 amide bonds. The highest BCUT2D eigenvalue weighted by Gasteiger charge is 2.23. The molecule has 0 spiro atoms. The van der Waals surface area contributed by atoms with Gasteiger partial charge >= 0.3 is 6.03 Å². The number of carbonyl (C=O) groups is 1. The molecular weight excluding hydrogens is 416 g/mol. The fraction of sp³-hybridized carbons (Fsp3) is 0.227. The van der Waals surface area contributed by atoms with E-state index in [1.807, 2.05) is 30.3 Å². The van der Waals surface area contributed by atoms with Gasteiger partial charge in [0.1, 0.15) is 11.6 Å². The average molecular weight is 439 g/mol. The van der Waals surface area contributed by atoms with Crippen molar-refractivity contribution in [2.24, 2.45) is 0 Å². The number of piperazine rings is 1. The van der Waals surface area contributed by atoms with E-state index < -0.39 is 0 Å². The quantitative estimate of drug-likeness (QED) is 0.620. The Morgan fingerprint density at radius 3 is 2.52 bits per heavy atom. The first-order chi connectivity index (χ1) is 15.1. The van der Waals surface area contributed by atoms with E-state index in [2.05, 4.69) is 25.5 Å². The van der Waals surface area contributed by atoms with E-state index in [9.17, 15) is 4.79 Å². The van der Waals surface area contributed by atoms with Gasteiger partial charge in [-0.2, -0.15) is 4.98 Å². The summed E-state index contributed by atoms with van der Waals surface area (Å²) in [5, 5.41) is 6.81. The molecular formula is C22H23ClN6O2. The second-order valence-electron chi connectivity index (χ2n) is 6.98. The Balaban J connectivity index is 1.36. The number of para-hydroxylation sites is 2. The Morgan fingerprint density at radius 1 is 1.03 bits per heavy atom. The molecule has 31 heavy (non-hydrogen) atoms. The number of nitrogens with zero attached hydrogens (tertiary/aromatic N) is 4. The third kappa shape index (κ3) is 5.16. The van der Waals surface area contributed by atoms with Crippen molar-refractivity contribution in [1.29, 1.82) is 0 Å². The van der Waals surface area contributed by atoms with Crippen molar-refractivity contribution in [2.45, 2.75) is 0 Å². The Hall–Kier alpha value is -3.52. The molecule has 2 N–H and O–H groups in total. The van der Waals surface area contributed by atoms with Crippen LogP contribution in [0.4, 0.5) is 27.9 Å². The topological polar surface area (TPSA) is 82.6 Å². The SMILES string of the molecule is COc1ccccc1Nc1ccnc(N2CCN(C(=O)Nc3ccc(Cl)cc3)CC2)n1. The average Bonchev–Trinajstić information content (AvgIpc) is 2.81. The minimum atomic E-state index is -0.130. The summed E-state index contributed by atoms with van der Waals surface area (Å²) < 4.78 is 5.38. The molecule has 0 radical (unpaired) electrons. The van der Waals surface area contributed by atoms with Gasteiger partial charge < -0.3 is 25.2 Å². The number of urea groups is 1. The van der Waals surface area contributed by atoms with Gasteiger partial charge in [-0.15, -0.1) is 0 Å². The Bertz CT molecular complexity index is 1040. The lowest BCUT2D eigenvalue weighted by Gasteiger charge is -2.34. The highest BCUT2D eigenvalue weighted by atomic mass is 35.5. The number of benzene rings is 2. The zero-order chi connectivity index (χ0) is 21.6. The molecule has 2 heterocycles. The molecule has 0 bridgehead atoms. The zero-order valence-corrected chi connectivity index (χ0v) is 17.8. The highest BCUT2D eigenvalue weighted by Crippen LogP contribution is 2.26. The summed E-state index contributed by atoms with van der Waals surface area (Å²) in [6.45, 7) is 2.44. The Kier molecular flexibility index (Phi) is 6.37. The van der Waals surface area contributed by atoms with E-state index in [0.29, 0.717) is 43.0 Å². The zero-order valence-electron chi connectivity index (χ0n) is 17.1. The third-order valence-corrected chi connectivity index (χ3v) is 5.21. The van der Waals surface area contributed by atoms with Gasteiger partial charge in [-0.25, -0.2) is 9.78 Å². The Morgan fingerprint density at radius 2 is 1.77 bits per heavy atom. The molecule has 0 saturated carbocycles. The van der Waals surface area contributed by atoms with Gasteiger partial charge in [0.05, 0.1) is 12.8 Å². The predicted octanol–water partition coefficient (Wildman–Crippen LogP) is 4.24. The number of nitrogens with one attached hydrogen (secondary N) is 2. The first-order valence-electron chi connectivity index (χ1n) is 9.92. The number of rotatable bonds is 5. The van der Waals surface area contributed by atoms with Crippen LogP contribution in [0.3, 0.4) is 0 Å². The lowest BCUT2D eigenvalue weighted by Crippen LogP contribution is -2.50. The molecule has 3 aromatic rings. The summed E-state index contributed by atoms with van der Waals surface area (Å²) in [7, 11) is 1.63. The van der Waals surface area contributed by atoms with Gasteiger partial charge in [0, 0.05) is 43.1 Å². The largest absolute Gasteiger partial charge is 0.495 e. The first-order valence-corrected chi connectivity index (χ1v) is 10.3. The van der Waals surface area contributed by atoms with Crippen molar-refractivity contribution in [2.75, 3.05) is 48.8 Å². The monoisotopic (exact) mass is 438 g/mol. The number of hydrogen-bond acceptors (Lipinski definition) is 6. The van der Waals surface area contributed by atoms with Gasteiger partial charge in [0.2, 0.25) is 5.95 Å². The molecule has 0 atom stereocenters. The molecule has 160 valence electrons. The van der Waals surface area contributed by atoms with Gasteiger partial charge in [-0.05, 0) is 42.5 Å². The van der Waals surface area contributed by atoms with Crippen molar-refractivity contribution in [3.63, 3.8) is 0 Å². The van der Waals surface area contributed by atoms with Crippen molar-refractivity contribution in [1.82, 2.24) is 14.9 Å². The van der Waals surface area contributed by atoms with Crippen LogP contribution in [0.2, 0.25) is 5.02 Å². The number of hydrogen-bond donors (Lipinski definition) is 2. The van der Waals surface area contributed by atoms with Crippen molar-refractivity contribution >= 4 is 40.8 Å². The first kappa shape index (κ1) is 20.7. The Labute approximate surface area is 185 Å². The maximum Gasteiger partial charge on any atom is 0.321 e. The van der Waals surface area contributed by atoms with Gasteiger partial charge in [0.15, 0.2) is 0 Å². The number of amides is 2. The van der Waals surface area contributed by atoms with Crippen LogP contribution in [-0.2, 0) is 0 Å². The summed E-state index contributed by atoms with van der Waals surface area (Å²) >= 11 is 5.89. The van der Waals surface area contributed by atoms with Gasteiger partial charge in [-0.1, -0.05) is 23.7 Å². The number of anilines is 4. The van der Waals surface area contributed by atoms with Crippen LogP contribution in [0.1, 0.15) is 0 Å². The number of halogens is 1. The van der Waals surface area contributed by atoms with Crippen molar-refractivity contribution in [3.05, 3.63) is 65.8 Å². The standard InChI is InChI=1S/C22H23ClN6O2/c1-31-19-5-3-2-4-18(19)26-20-10-11-24-21(27-20)28-12-14-29(15-13-28)22(30)25-17-8-6-16(23)7-9-17/h2-11H,12-15H2,1H3,(H,25,30)(H,24,26,27). The van der Waals surface area contributed by atoms with Crippen LogP contribution in [0, 0.1) is 0 Å². The number of ether oxygens (including phenoxy) is 1. The maximum atomic E-state index is 12.5. The number of carbonyl (C=O) groups excluding carboxylic acids is 1. The minimum Gasteiger partial charge on any atom is -0.495 e. The van der Waals surface area contributed by atoms with Crippen molar-refractivity contribution < 1.29 is 9.53 Å². The maximum absolute atomic E-state index is 12.5. The number of methoxy groups -OCH3 is 1. The fourth-order valence-corrected chi connectivity index (χ4v) is 3.43. The molecule has 9 heteroatoms. The summed E-state index contributed by atoms with van der Waals surface area (Å²) in [5.74, 6) is 2.04. The normalized spacial score (nSPS) is 13.6. The minimum absolute atomic E-state index is 0.130. The molecule has 1 aliphatic heterocycles.